The zero-order valence-electron chi connectivity index (χ0n) is 14.7. The van der Waals surface area contributed by atoms with E-state index in [9.17, 15) is 5.11 Å². The molecule has 2 atom stereocenters. The smallest absolute Gasteiger partial charge is 0.0974 e. The number of hydrogen-bond donors (Lipinski definition) is 1. The summed E-state index contributed by atoms with van der Waals surface area (Å²) >= 11 is 6.05. The molecule has 4 heteroatoms. The maximum Gasteiger partial charge on any atom is 0.0974 e. The molecular formula is C21H27Cl2NO. The van der Waals surface area contributed by atoms with Crippen molar-refractivity contribution in [2.24, 2.45) is 5.92 Å². The fourth-order valence-electron chi connectivity index (χ4n) is 3.71. The van der Waals surface area contributed by atoms with E-state index < -0.39 is 5.60 Å². The minimum atomic E-state index is -0.894. The highest BCUT2D eigenvalue weighted by Gasteiger charge is 2.37. The van der Waals surface area contributed by atoms with Crippen LogP contribution in [-0.4, -0.2) is 29.6 Å². The molecule has 1 aliphatic rings. The zero-order valence-corrected chi connectivity index (χ0v) is 16.3. The number of nitrogens with zero attached hydrogens (tertiary/aromatic N) is 1. The SMILES string of the molecule is CC(CN1CCCC1)C(O)(Cc1ccccc1)c1ccc(Cl)cc1.Cl. The van der Waals surface area contributed by atoms with Crippen LogP contribution in [0.5, 0.6) is 0 Å². The molecule has 0 radical (unpaired) electrons. The molecule has 136 valence electrons. The van der Waals surface area contributed by atoms with Crippen molar-refractivity contribution in [3.8, 4) is 0 Å². The van der Waals surface area contributed by atoms with Crippen LogP contribution in [0.4, 0.5) is 0 Å². The Hall–Kier alpha value is -1.06. The maximum absolute atomic E-state index is 11.7. The topological polar surface area (TPSA) is 23.5 Å². The third-order valence-corrected chi connectivity index (χ3v) is 5.46. The second-order valence-electron chi connectivity index (χ2n) is 7.00. The van der Waals surface area contributed by atoms with Gasteiger partial charge in [-0.3, -0.25) is 0 Å². The molecule has 0 saturated carbocycles. The Balaban J connectivity index is 0.00000225. The van der Waals surface area contributed by atoms with Gasteiger partial charge >= 0.3 is 0 Å². The number of halogens is 2. The van der Waals surface area contributed by atoms with Crippen molar-refractivity contribution in [1.29, 1.82) is 0 Å². The lowest BCUT2D eigenvalue weighted by molar-refractivity contribution is -0.0277. The van der Waals surface area contributed by atoms with Gasteiger partial charge in [-0.1, -0.05) is 61.0 Å². The van der Waals surface area contributed by atoms with Gasteiger partial charge in [-0.2, -0.15) is 0 Å². The van der Waals surface area contributed by atoms with Crippen LogP contribution in [-0.2, 0) is 12.0 Å². The average molecular weight is 380 g/mol. The van der Waals surface area contributed by atoms with Crippen molar-refractivity contribution in [2.75, 3.05) is 19.6 Å². The minimum Gasteiger partial charge on any atom is -0.384 e. The highest BCUT2D eigenvalue weighted by molar-refractivity contribution is 6.30. The Labute approximate surface area is 162 Å². The molecule has 1 N–H and O–H groups in total. The van der Waals surface area contributed by atoms with Crippen LogP contribution in [0.3, 0.4) is 0 Å². The molecule has 0 aromatic heterocycles. The van der Waals surface area contributed by atoms with Crippen LogP contribution < -0.4 is 0 Å². The molecule has 2 aromatic carbocycles. The first-order valence-corrected chi connectivity index (χ1v) is 9.20. The fourth-order valence-corrected chi connectivity index (χ4v) is 3.84. The van der Waals surface area contributed by atoms with Gasteiger partial charge in [0.2, 0.25) is 0 Å². The van der Waals surface area contributed by atoms with Gasteiger partial charge in [-0.05, 0) is 49.2 Å². The quantitative estimate of drug-likeness (QED) is 0.769. The molecule has 0 aliphatic carbocycles. The first-order valence-electron chi connectivity index (χ1n) is 8.82. The molecule has 0 amide bonds. The van der Waals surface area contributed by atoms with Crippen LogP contribution in [0.1, 0.15) is 30.9 Å². The summed E-state index contributed by atoms with van der Waals surface area (Å²) in [4.78, 5) is 2.47. The monoisotopic (exact) mass is 379 g/mol. The normalized spacial score (nSPS) is 18.4. The lowest BCUT2D eigenvalue weighted by Crippen LogP contribution is -2.42. The number of rotatable bonds is 6. The Morgan fingerprint density at radius 2 is 1.64 bits per heavy atom. The zero-order chi connectivity index (χ0) is 17.0. The summed E-state index contributed by atoms with van der Waals surface area (Å²) in [5.41, 5.74) is 1.21. The molecule has 0 bridgehead atoms. The molecule has 0 spiro atoms. The van der Waals surface area contributed by atoms with Gasteiger partial charge < -0.3 is 10.0 Å². The van der Waals surface area contributed by atoms with Crippen LogP contribution in [0, 0.1) is 5.92 Å². The molecule has 2 nitrogen and oxygen atoms in total. The summed E-state index contributed by atoms with van der Waals surface area (Å²) in [7, 11) is 0. The minimum absolute atomic E-state index is 0. The van der Waals surface area contributed by atoms with Crippen molar-refractivity contribution in [2.45, 2.75) is 31.8 Å². The second-order valence-corrected chi connectivity index (χ2v) is 7.44. The summed E-state index contributed by atoms with van der Waals surface area (Å²) in [6.07, 6.45) is 3.15. The van der Waals surface area contributed by atoms with E-state index >= 15 is 0 Å². The van der Waals surface area contributed by atoms with E-state index in [1.54, 1.807) is 0 Å². The standard InChI is InChI=1S/C21H26ClNO.ClH/c1-17(16-23-13-5-6-14-23)21(24,15-18-7-3-2-4-8-18)19-9-11-20(22)12-10-19;/h2-4,7-12,17,24H,5-6,13-16H2,1H3;1H. The number of hydrogen-bond acceptors (Lipinski definition) is 2. The van der Waals surface area contributed by atoms with E-state index in [-0.39, 0.29) is 18.3 Å². The highest BCUT2D eigenvalue weighted by atomic mass is 35.5. The fraction of sp³-hybridized carbons (Fsp3) is 0.429. The van der Waals surface area contributed by atoms with E-state index in [1.807, 2.05) is 42.5 Å². The van der Waals surface area contributed by atoms with Crippen molar-refractivity contribution >= 4 is 24.0 Å². The summed E-state index contributed by atoms with van der Waals surface area (Å²) < 4.78 is 0. The highest BCUT2D eigenvalue weighted by Crippen LogP contribution is 2.35. The molecule has 2 unspecified atom stereocenters. The molecule has 2 aromatic rings. The van der Waals surface area contributed by atoms with E-state index in [1.165, 1.54) is 12.8 Å². The molecule has 1 aliphatic heterocycles. The van der Waals surface area contributed by atoms with Gasteiger partial charge in [0.1, 0.15) is 0 Å². The predicted molar refractivity (Wildman–Crippen MR) is 108 cm³/mol. The first kappa shape index (κ1) is 20.3. The maximum atomic E-state index is 11.7. The van der Waals surface area contributed by atoms with Crippen LogP contribution in [0.15, 0.2) is 54.6 Å². The molecule has 25 heavy (non-hydrogen) atoms. The van der Waals surface area contributed by atoms with E-state index in [0.29, 0.717) is 11.4 Å². The van der Waals surface area contributed by atoms with E-state index in [4.69, 9.17) is 11.6 Å². The van der Waals surface area contributed by atoms with Crippen molar-refractivity contribution in [1.82, 2.24) is 4.90 Å². The van der Waals surface area contributed by atoms with E-state index in [2.05, 4.69) is 24.0 Å². The Kier molecular flexibility index (Phi) is 7.33. The van der Waals surface area contributed by atoms with Gasteiger partial charge in [0, 0.05) is 23.9 Å². The molecule has 1 fully saturated rings. The lowest BCUT2D eigenvalue weighted by Gasteiger charge is -2.37. The van der Waals surface area contributed by atoms with E-state index in [0.717, 1.165) is 30.8 Å². The summed E-state index contributed by atoms with van der Waals surface area (Å²) in [5.74, 6) is 0.136. The third kappa shape index (κ3) is 4.98. The van der Waals surface area contributed by atoms with Crippen LogP contribution in [0.2, 0.25) is 5.02 Å². The number of benzene rings is 2. The van der Waals surface area contributed by atoms with Crippen LogP contribution >= 0.6 is 24.0 Å². The van der Waals surface area contributed by atoms with Crippen molar-refractivity contribution in [3.05, 3.63) is 70.7 Å². The van der Waals surface area contributed by atoms with Gasteiger partial charge in [-0.25, -0.2) is 0 Å². The summed E-state index contributed by atoms with van der Waals surface area (Å²) in [5, 5.41) is 12.4. The Morgan fingerprint density at radius 3 is 2.24 bits per heavy atom. The number of likely N-dealkylation sites (tertiary alicyclic amines) is 1. The first-order chi connectivity index (χ1) is 11.6. The van der Waals surface area contributed by atoms with Gasteiger partial charge in [0.25, 0.3) is 0 Å². The Morgan fingerprint density at radius 1 is 1.04 bits per heavy atom. The van der Waals surface area contributed by atoms with Crippen LogP contribution in [0.25, 0.3) is 0 Å². The predicted octanol–water partition coefficient (Wildman–Crippen LogP) is 4.92. The third-order valence-electron chi connectivity index (χ3n) is 5.21. The molecule has 1 heterocycles. The van der Waals surface area contributed by atoms with Crippen molar-refractivity contribution in [3.63, 3.8) is 0 Å². The molecular weight excluding hydrogens is 353 g/mol. The lowest BCUT2D eigenvalue weighted by atomic mass is 9.77. The second kappa shape index (κ2) is 9.05. The van der Waals surface area contributed by atoms with Gasteiger partial charge in [0.15, 0.2) is 0 Å². The van der Waals surface area contributed by atoms with Gasteiger partial charge in [-0.15, -0.1) is 12.4 Å². The van der Waals surface area contributed by atoms with Gasteiger partial charge in [0.05, 0.1) is 5.60 Å². The number of aliphatic hydroxyl groups is 1. The summed E-state index contributed by atoms with van der Waals surface area (Å²) in [6, 6.07) is 17.9. The largest absolute Gasteiger partial charge is 0.384 e. The average Bonchev–Trinajstić information content (AvgIpc) is 3.09. The molecule has 3 rings (SSSR count). The Bertz CT molecular complexity index is 641. The van der Waals surface area contributed by atoms with Crippen molar-refractivity contribution < 1.29 is 5.11 Å². The summed E-state index contributed by atoms with van der Waals surface area (Å²) in [6.45, 7) is 5.38. The molecule has 1 saturated heterocycles.